The molecule has 3 rings (SSSR count). The average molecular weight is 384 g/mol. The fourth-order valence-electron chi connectivity index (χ4n) is 1.91. The lowest BCUT2D eigenvalue weighted by molar-refractivity contribution is 0.454. The van der Waals surface area contributed by atoms with Crippen molar-refractivity contribution in [3.05, 3.63) is 55.6 Å². The van der Waals surface area contributed by atoms with E-state index in [0.29, 0.717) is 14.8 Å². The molecule has 0 aliphatic heterocycles. The molecule has 0 aliphatic rings. The maximum Gasteiger partial charge on any atom is 0.262 e. The molecule has 0 saturated heterocycles. The van der Waals surface area contributed by atoms with Crippen LogP contribution in [0.4, 0.5) is 0 Å². The zero-order valence-electron chi connectivity index (χ0n) is 10.4. The van der Waals surface area contributed by atoms with Crippen LogP contribution < -0.4 is 5.56 Å². The van der Waals surface area contributed by atoms with E-state index in [-0.39, 0.29) is 17.3 Å². The largest absolute Gasteiger partial charge is 0.493 e. The number of rotatable bonds is 2. The van der Waals surface area contributed by atoms with E-state index >= 15 is 0 Å². The van der Waals surface area contributed by atoms with Crippen LogP contribution in [0.25, 0.3) is 21.8 Å². The Morgan fingerprint density at radius 3 is 2.57 bits per heavy atom. The van der Waals surface area contributed by atoms with Gasteiger partial charge >= 0.3 is 0 Å². The number of aromatic nitrogens is 2. The molecule has 0 radical (unpaired) electrons. The molecule has 0 bridgehead atoms. The van der Waals surface area contributed by atoms with Crippen molar-refractivity contribution in [3.8, 4) is 27.7 Å². The van der Waals surface area contributed by atoms with Gasteiger partial charge in [0.25, 0.3) is 5.56 Å². The standard InChI is InChI=1S/C14H8BrClN2O2S/c15-8-6-9(21-11(8)16)12-17-13(19)10(14(20)18-12)7-4-2-1-3-5-7/h1-6H,(H2,17,18,19,20). The van der Waals surface area contributed by atoms with Gasteiger partial charge in [-0.3, -0.25) is 4.79 Å². The molecule has 21 heavy (non-hydrogen) atoms. The molecule has 0 amide bonds. The third-order valence-electron chi connectivity index (χ3n) is 2.84. The first-order chi connectivity index (χ1) is 10.1. The Labute approximate surface area is 137 Å². The van der Waals surface area contributed by atoms with Gasteiger partial charge < -0.3 is 10.1 Å². The van der Waals surface area contributed by atoms with Gasteiger partial charge in [0.1, 0.15) is 9.90 Å². The number of H-pyrrole nitrogens is 1. The third-order valence-corrected chi connectivity index (χ3v) is 5.32. The van der Waals surface area contributed by atoms with Gasteiger partial charge in [-0.1, -0.05) is 41.9 Å². The van der Waals surface area contributed by atoms with Gasteiger partial charge in [0.05, 0.1) is 4.88 Å². The lowest BCUT2D eigenvalue weighted by atomic mass is 10.1. The molecule has 106 valence electrons. The minimum atomic E-state index is -0.399. The topological polar surface area (TPSA) is 66.0 Å². The van der Waals surface area contributed by atoms with Crippen LogP contribution in [0.5, 0.6) is 5.88 Å². The average Bonchev–Trinajstić information content (AvgIpc) is 2.79. The number of thiophene rings is 1. The normalized spacial score (nSPS) is 10.8. The summed E-state index contributed by atoms with van der Waals surface area (Å²) in [5, 5.41) is 10.1. The summed E-state index contributed by atoms with van der Waals surface area (Å²) >= 11 is 10.5. The molecule has 0 atom stereocenters. The number of nitrogens with one attached hydrogen (secondary N) is 1. The van der Waals surface area contributed by atoms with Crippen molar-refractivity contribution in [2.45, 2.75) is 0 Å². The third kappa shape index (κ3) is 2.74. The molecule has 0 fully saturated rings. The fourth-order valence-corrected chi connectivity index (χ4v) is 3.55. The van der Waals surface area contributed by atoms with Gasteiger partial charge in [-0.25, -0.2) is 0 Å². The highest BCUT2D eigenvalue weighted by Crippen LogP contribution is 2.37. The van der Waals surface area contributed by atoms with E-state index in [2.05, 4.69) is 25.9 Å². The quantitative estimate of drug-likeness (QED) is 0.694. The molecule has 0 aliphatic carbocycles. The van der Waals surface area contributed by atoms with Gasteiger partial charge in [-0.15, -0.1) is 11.3 Å². The van der Waals surface area contributed by atoms with Crippen molar-refractivity contribution in [2.75, 3.05) is 0 Å². The van der Waals surface area contributed by atoms with Crippen LogP contribution in [0.1, 0.15) is 0 Å². The van der Waals surface area contributed by atoms with Gasteiger partial charge in [0, 0.05) is 4.47 Å². The summed E-state index contributed by atoms with van der Waals surface area (Å²) in [4.78, 5) is 19.6. The molecule has 2 N–H and O–H groups in total. The molecule has 7 heteroatoms. The second-order valence-corrected chi connectivity index (χ2v) is 6.72. The first kappa shape index (κ1) is 14.3. The molecule has 2 aromatic heterocycles. The minimum absolute atomic E-state index is 0.154. The van der Waals surface area contributed by atoms with E-state index in [1.165, 1.54) is 11.3 Å². The van der Waals surface area contributed by atoms with Gasteiger partial charge in [-0.05, 0) is 27.6 Å². The summed E-state index contributed by atoms with van der Waals surface area (Å²) in [5.74, 6) is -0.0182. The number of hydrogen-bond acceptors (Lipinski definition) is 4. The summed E-state index contributed by atoms with van der Waals surface area (Å²) in [5.41, 5.74) is 0.367. The van der Waals surface area contributed by atoms with Crippen molar-refractivity contribution in [1.29, 1.82) is 0 Å². The summed E-state index contributed by atoms with van der Waals surface area (Å²) in [6, 6.07) is 10.6. The summed E-state index contributed by atoms with van der Waals surface area (Å²) < 4.78 is 1.28. The predicted octanol–water partition coefficient (Wildman–Crippen LogP) is 4.29. The number of aromatic amines is 1. The van der Waals surface area contributed by atoms with E-state index in [1.807, 2.05) is 6.07 Å². The lowest BCUT2D eigenvalue weighted by Crippen LogP contribution is -2.11. The van der Waals surface area contributed by atoms with E-state index < -0.39 is 5.56 Å². The zero-order valence-corrected chi connectivity index (χ0v) is 13.6. The predicted molar refractivity (Wildman–Crippen MR) is 88.0 cm³/mol. The molecule has 4 nitrogen and oxygen atoms in total. The van der Waals surface area contributed by atoms with Crippen LogP contribution in [0, 0.1) is 0 Å². The summed E-state index contributed by atoms with van der Waals surface area (Å²) in [7, 11) is 0. The number of hydrogen-bond donors (Lipinski definition) is 2. The van der Waals surface area contributed by atoms with Crippen molar-refractivity contribution in [3.63, 3.8) is 0 Å². The molecule has 3 aromatic rings. The van der Waals surface area contributed by atoms with Crippen LogP contribution in [0.3, 0.4) is 0 Å². The highest BCUT2D eigenvalue weighted by molar-refractivity contribution is 9.10. The Kier molecular flexibility index (Phi) is 3.84. The van der Waals surface area contributed by atoms with Crippen molar-refractivity contribution >= 4 is 38.9 Å². The summed E-state index contributed by atoms with van der Waals surface area (Å²) in [6.07, 6.45) is 0. The number of halogens is 2. The number of nitrogens with zero attached hydrogens (tertiary/aromatic N) is 1. The molecule has 0 spiro atoms. The highest BCUT2D eigenvalue weighted by Gasteiger charge is 2.15. The molecular weight excluding hydrogens is 376 g/mol. The molecule has 0 unspecified atom stereocenters. The highest BCUT2D eigenvalue weighted by atomic mass is 79.9. The Balaban J connectivity index is 2.15. The Bertz CT molecular complexity index is 842. The van der Waals surface area contributed by atoms with E-state index in [1.54, 1.807) is 30.3 Å². The second-order valence-electron chi connectivity index (χ2n) is 4.21. The van der Waals surface area contributed by atoms with Crippen LogP contribution in [0.2, 0.25) is 4.34 Å². The number of aromatic hydroxyl groups is 1. The fraction of sp³-hybridized carbons (Fsp3) is 0. The molecular formula is C14H8BrClN2O2S. The van der Waals surface area contributed by atoms with Crippen molar-refractivity contribution in [1.82, 2.24) is 9.97 Å². The number of benzene rings is 1. The van der Waals surface area contributed by atoms with Gasteiger partial charge in [0.15, 0.2) is 5.82 Å². The van der Waals surface area contributed by atoms with Gasteiger partial charge in [-0.2, -0.15) is 4.98 Å². The molecule has 2 heterocycles. The first-order valence-corrected chi connectivity index (χ1v) is 7.89. The van der Waals surface area contributed by atoms with Crippen LogP contribution in [0.15, 0.2) is 45.7 Å². The zero-order chi connectivity index (χ0) is 15.0. The second kappa shape index (κ2) is 5.63. The molecule has 0 saturated carbocycles. The maximum absolute atomic E-state index is 12.2. The Morgan fingerprint density at radius 2 is 2.00 bits per heavy atom. The minimum Gasteiger partial charge on any atom is -0.493 e. The van der Waals surface area contributed by atoms with Crippen molar-refractivity contribution in [2.24, 2.45) is 0 Å². The monoisotopic (exact) mass is 382 g/mol. The van der Waals surface area contributed by atoms with Gasteiger partial charge in [0.2, 0.25) is 5.88 Å². The summed E-state index contributed by atoms with van der Waals surface area (Å²) in [6.45, 7) is 0. The SMILES string of the molecule is O=c1[nH]c(-c2cc(Br)c(Cl)s2)nc(O)c1-c1ccccc1. The van der Waals surface area contributed by atoms with Crippen LogP contribution in [-0.4, -0.2) is 15.1 Å². The lowest BCUT2D eigenvalue weighted by Gasteiger charge is -2.04. The van der Waals surface area contributed by atoms with E-state index in [4.69, 9.17) is 11.6 Å². The molecule has 1 aromatic carbocycles. The van der Waals surface area contributed by atoms with E-state index in [0.717, 1.165) is 4.47 Å². The van der Waals surface area contributed by atoms with Crippen molar-refractivity contribution < 1.29 is 5.11 Å². The van der Waals surface area contributed by atoms with Crippen LogP contribution in [-0.2, 0) is 0 Å². The first-order valence-electron chi connectivity index (χ1n) is 5.90. The van der Waals surface area contributed by atoms with E-state index in [9.17, 15) is 9.90 Å². The van der Waals surface area contributed by atoms with Crippen LogP contribution >= 0.6 is 38.9 Å². The smallest absolute Gasteiger partial charge is 0.262 e. The Morgan fingerprint density at radius 1 is 1.29 bits per heavy atom. The Hall–Kier alpha value is -1.63. The maximum atomic E-state index is 12.2.